The molecule has 0 aliphatic heterocycles. The van der Waals surface area contributed by atoms with Crippen molar-refractivity contribution in [2.24, 2.45) is 5.41 Å². The van der Waals surface area contributed by atoms with Gasteiger partial charge in [0.05, 0.1) is 19.4 Å². The molecule has 1 heterocycles. The molecule has 0 fully saturated rings. The van der Waals surface area contributed by atoms with Crippen molar-refractivity contribution < 1.29 is 9.84 Å². The van der Waals surface area contributed by atoms with Gasteiger partial charge < -0.3 is 9.84 Å². The standard InChI is InChI=1S/C10H17ClN2O2/c1-4-13-9(8(11)5-12-13)15-7-10(2,3)6-14/h5,14H,4,6-7H2,1-3H3. The summed E-state index contributed by atoms with van der Waals surface area (Å²) >= 11 is 5.92. The van der Waals surface area contributed by atoms with Gasteiger partial charge in [0.1, 0.15) is 5.02 Å². The zero-order valence-electron chi connectivity index (χ0n) is 9.33. The van der Waals surface area contributed by atoms with E-state index in [1.165, 1.54) is 0 Å². The molecule has 0 atom stereocenters. The maximum absolute atomic E-state index is 9.08. The van der Waals surface area contributed by atoms with E-state index in [-0.39, 0.29) is 12.0 Å². The van der Waals surface area contributed by atoms with Gasteiger partial charge in [-0.15, -0.1) is 0 Å². The van der Waals surface area contributed by atoms with Crippen molar-refractivity contribution in [3.63, 3.8) is 0 Å². The van der Waals surface area contributed by atoms with Crippen molar-refractivity contribution in [2.45, 2.75) is 27.3 Å². The van der Waals surface area contributed by atoms with Gasteiger partial charge in [-0.3, -0.25) is 0 Å². The maximum atomic E-state index is 9.08. The van der Waals surface area contributed by atoms with Crippen LogP contribution < -0.4 is 4.74 Å². The van der Waals surface area contributed by atoms with Crippen LogP contribution in [0.2, 0.25) is 5.02 Å². The Balaban J connectivity index is 2.68. The number of aryl methyl sites for hydroxylation is 1. The van der Waals surface area contributed by atoms with E-state index in [2.05, 4.69) is 5.10 Å². The number of aromatic nitrogens is 2. The van der Waals surface area contributed by atoms with E-state index in [4.69, 9.17) is 21.4 Å². The fraction of sp³-hybridized carbons (Fsp3) is 0.700. The minimum atomic E-state index is -0.272. The first kappa shape index (κ1) is 12.3. The molecule has 1 aromatic heterocycles. The summed E-state index contributed by atoms with van der Waals surface area (Å²) in [6.07, 6.45) is 1.56. The van der Waals surface area contributed by atoms with Crippen molar-refractivity contribution in [3.8, 4) is 5.88 Å². The van der Waals surface area contributed by atoms with Gasteiger partial charge in [-0.2, -0.15) is 5.10 Å². The lowest BCUT2D eigenvalue weighted by molar-refractivity contribution is 0.0922. The number of aliphatic hydroxyl groups excluding tert-OH is 1. The summed E-state index contributed by atoms with van der Waals surface area (Å²) in [7, 11) is 0. The van der Waals surface area contributed by atoms with Crippen LogP contribution in [0.3, 0.4) is 0 Å². The predicted octanol–water partition coefficient (Wildman–Crippen LogP) is 1.95. The van der Waals surface area contributed by atoms with Crippen LogP contribution in [-0.2, 0) is 6.54 Å². The lowest BCUT2D eigenvalue weighted by Gasteiger charge is -2.21. The monoisotopic (exact) mass is 232 g/mol. The zero-order valence-corrected chi connectivity index (χ0v) is 10.1. The Morgan fingerprint density at radius 1 is 1.60 bits per heavy atom. The molecule has 0 radical (unpaired) electrons. The van der Waals surface area contributed by atoms with Crippen LogP contribution in [-0.4, -0.2) is 28.1 Å². The smallest absolute Gasteiger partial charge is 0.231 e. The van der Waals surface area contributed by atoms with Crippen molar-refractivity contribution in [2.75, 3.05) is 13.2 Å². The van der Waals surface area contributed by atoms with E-state index in [1.54, 1.807) is 10.9 Å². The first-order valence-corrected chi connectivity index (χ1v) is 5.33. The third-order valence-corrected chi connectivity index (χ3v) is 2.34. The lowest BCUT2D eigenvalue weighted by Crippen LogP contribution is -2.26. The van der Waals surface area contributed by atoms with Gasteiger partial charge in [-0.25, -0.2) is 4.68 Å². The number of rotatable bonds is 5. The second-order valence-corrected chi connectivity index (χ2v) is 4.63. The first-order valence-electron chi connectivity index (χ1n) is 4.95. The van der Waals surface area contributed by atoms with Gasteiger partial charge in [0.2, 0.25) is 5.88 Å². The number of nitrogens with zero attached hydrogens (tertiary/aromatic N) is 2. The van der Waals surface area contributed by atoms with Gasteiger partial charge in [0, 0.05) is 12.0 Å². The SMILES string of the molecule is CCn1ncc(Cl)c1OCC(C)(C)CO. The highest BCUT2D eigenvalue weighted by atomic mass is 35.5. The quantitative estimate of drug-likeness (QED) is 0.844. The molecule has 15 heavy (non-hydrogen) atoms. The van der Waals surface area contributed by atoms with Crippen LogP contribution in [0, 0.1) is 5.41 Å². The van der Waals surface area contributed by atoms with Crippen LogP contribution in [0.15, 0.2) is 6.20 Å². The summed E-state index contributed by atoms with van der Waals surface area (Å²) in [6.45, 7) is 7.01. The molecule has 1 N–H and O–H groups in total. The molecule has 0 unspecified atom stereocenters. The number of hydrogen-bond donors (Lipinski definition) is 1. The third-order valence-electron chi connectivity index (χ3n) is 2.08. The summed E-state index contributed by atoms with van der Waals surface area (Å²) in [5.41, 5.74) is -0.272. The molecular formula is C10H17ClN2O2. The lowest BCUT2D eigenvalue weighted by atomic mass is 9.97. The number of halogens is 1. The second kappa shape index (κ2) is 4.86. The summed E-state index contributed by atoms with van der Waals surface area (Å²) in [5, 5.41) is 13.6. The molecule has 0 spiro atoms. The van der Waals surface area contributed by atoms with Crippen molar-refractivity contribution in [3.05, 3.63) is 11.2 Å². The fourth-order valence-corrected chi connectivity index (χ4v) is 1.23. The van der Waals surface area contributed by atoms with Crippen LogP contribution in [0.4, 0.5) is 0 Å². The fourth-order valence-electron chi connectivity index (χ4n) is 1.03. The van der Waals surface area contributed by atoms with E-state index < -0.39 is 0 Å². The molecule has 86 valence electrons. The summed E-state index contributed by atoms with van der Waals surface area (Å²) in [6, 6.07) is 0. The first-order chi connectivity index (χ1) is 7.00. The van der Waals surface area contributed by atoms with E-state index in [9.17, 15) is 0 Å². The molecule has 4 nitrogen and oxygen atoms in total. The minimum Gasteiger partial charge on any atom is -0.476 e. The largest absolute Gasteiger partial charge is 0.476 e. The summed E-state index contributed by atoms with van der Waals surface area (Å²) in [5.74, 6) is 0.570. The zero-order chi connectivity index (χ0) is 11.5. The van der Waals surface area contributed by atoms with E-state index in [0.717, 1.165) is 0 Å². The Bertz CT molecular complexity index is 323. The highest BCUT2D eigenvalue weighted by Crippen LogP contribution is 2.25. The Morgan fingerprint density at radius 3 is 2.80 bits per heavy atom. The summed E-state index contributed by atoms with van der Waals surface area (Å²) < 4.78 is 7.25. The Morgan fingerprint density at radius 2 is 2.27 bits per heavy atom. The Labute approximate surface area is 94.8 Å². The predicted molar refractivity (Wildman–Crippen MR) is 59.3 cm³/mol. The molecule has 1 rings (SSSR count). The average molecular weight is 233 g/mol. The van der Waals surface area contributed by atoms with E-state index in [0.29, 0.717) is 24.1 Å². The molecule has 0 aliphatic carbocycles. The number of aliphatic hydroxyl groups is 1. The van der Waals surface area contributed by atoms with Gasteiger partial charge in [-0.1, -0.05) is 25.4 Å². The molecule has 0 saturated carbocycles. The van der Waals surface area contributed by atoms with Gasteiger partial charge >= 0.3 is 0 Å². The van der Waals surface area contributed by atoms with Crippen molar-refractivity contribution in [1.82, 2.24) is 9.78 Å². The van der Waals surface area contributed by atoms with E-state index >= 15 is 0 Å². The maximum Gasteiger partial charge on any atom is 0.231 e. The molecule has 0 saturated heterocycles. The van der Waals surface area contributed by atoms with Gasteiger partial charge in [-0.05, 0) is 6.92 Å². The molecule has 1 aromatic rings. The number of hydrogen-bond acceptors (Lipinski definition) is 3. The Kier molecular flexibility index (Phi) is 3.99. The van der Waals surface area contributed by atoms with Crippen molar-refractivity contribution in [1.29, 1.82) is 0 Å². The van der Waals surface area contributed by atoms with Gasteiger partial charge in [0.25, 0.3) is 0 Å². The van der Waals surface area contributed by atoms with Crippen LogP contribution in [0.25, 0.3) is 0 Å². The van der Waals surface area contributed by atoms with Crippen LogP contribution in [0.1, 0.15) is 20.8 Å². The van der Waals surface area contributed by atoms with E-state index in [1.807, 2.05) is 20.8 Å². The highest BCUT2D eigenvalue weighted by molar-refractivity contribution is 6.31. The third kappa shape index (κ3) is 3.11. The normalized spacial score (nSPS) is 11.8. The van der Waals surface area contributed by atoms with Crippen LogP contribution in [0.5, 0.6) is 5.88 Å². The van der Waals surface area contributed by atoms with Crippen molar-refractivity contribution >= 4 is 11.6 Å². The molecule has 0 aliphatic rings. The molecule has 5 heteroatoms. The minimum absolute atomic E-state index is 0.0743. The van der Waals surface area contributed by atoms with Gasteiger partial charge in [0.15, 0.2) is 0 Å². The molecule has 0 aromatic carbocycles. The topological polar surface area (TPSA) is 47.3 Å². The number of ether oxygens (including phenoxy) is 1. The van der Waals surface area contributed by atoms with Crippen LogP contribution >= 0.6 is 11.6 Å². The Hall–Kier alpha value is -0.740. The second-order valence-electron chi connectivity index (χ2n) is 4.22. The average Bonchev–Trinajstić information content (AvgIpc) is 2.56. The molecular weight excluding hydrogens is 216 g/mol. The highest BCUT2D eigenvalue weighted by Gasteiger charge is 2.19. The summed E-state index contributed by atoms with van der Waals surface area (Å²) in [4.78, 5) is 0. The molecule has 0 amide bonds. The molecule has 0 bridgehead atoms.